The zero-order valence-corrected chi connectivity index (χ0v) is 10.2. The second-order valence-corrected chi connectivity index (χ2v) is 4.94. The lowest BCUT2D eigenvalue weighted by Gasteiger charge is -2.05. The van der Waals surface area contributed by atoms with Crippen LogP contribution in [0.4, 0.5) is 0 Å². The minimum atomic E-state index is 0.196. The van der Waals surface area contributed by atoms with E-state index in [0.29, 0.717) is 11.2 Å². The van der Waals surface area contributed by atoms with Crippen LogP contribution >= 0.6 is 15.9 Å². The summed E-state index contributed by atoms with van der Waals surface area (Å²) in [5.74, 6) is 0.196. The Morgan fingerprint density at radius 2 is 2.15 bits per heavy atom. The van der Waals surface area contributed by atoms with Gasteiger partial charge < -0.3 is 5.32 Å². The summed E-state index contributed by atoms with van der Waals surface area (Å²) >= 11 is 3.44. The number of amides is 1. The summed E-state index contributed by atoms with van der Waals surface area (Å²) in [6, 6.07) is 0. The summed E-state index contributed by atoms with van der Waals surface area (Å²) in [4.78, 5) is 11.7. The number of hydrogen-bond acceptors (Lipinski definition) is 1. The van der Waals surface area contributed by atoms with E-state index in [1.165, 1.54) is 6.42 Å². The Morgan fingerprint density at radius 3 is 2.69 bits per heavy atom. The lowest BCUT2D eigenvalue weighted by atomic mass is 10.2. The molecule has 78 valence electrons. The van der Waals surface area contributed by atoms with Gasteiger partial charge in [0.05, 0.1) is 0 Å². The highest BCUT2D eigenvalue weighted by Gasteiger charge is 2.00. The Labute approximate surface area is 89.6 Å². The summed E-state index contributed by atoms with van der Waals surface area (Å²) < 4.78 is 0. The van der Waals surface area contributed by atoms with Crippen LogP contribution in [0, 0.1) is 0 Å². The van der Waals surface area contributed by atoms with Crippen LogP contribution in [0.5, 0.6) is 0 Å². The number of hydrogen-bond donors (Lipinski definition) is 1. The smallest absolute Gasteiger partial charge is 0.219 e. The molecule has 0 fully saturated rings. The normalized spacial score (nSPS) is 12.5. The fourth-order valence-electron chi connectivity index (χ4n) is 1.03. The summed E-state index contributed by atoms with van der Waals surface area (Å²) in [5, 5.41) is 2.90. The van der Waals surface area contributed by atoms with Crippen LogP contribution in [0.15, 0.2) is 0 Å². The molecule has 0 aromatic rings. The highest BCUT2D eigenvalue weighted by Crippen LogP contribution is 2.02. The molecule has 0 heterocycles. The summed E-state index contributed by atoms with van der Waals surface area (Å²) in [7, 11) is 0. The predicted molar refractivity (Wildman–Crippen MR) is 60.2 cm³/mol. The first-order chi connectivity index (χ1) is 6.16. The minimum absolute atomic E-state index is 0.196. The Kier molecular flexibility index (Phi) is 8.51. The van der Waals surface area contributed by atoms with Gasteiger partial charge in [-0.2, -0.15) is 0 Å². The first kappa shape index (κ1) is 12.9. The number of carbonyl (C=O) groups excluding carboxylic acids is 1. The number of alkyl halides is 1. The van der Waals surface area contributed by atoms with Crippen LogP contribution in [0.2, 0.25) is 0 Å². The molecule has 2 nitrogen and oxygen atoms in total. The highest BCUT2D eigenvalue weighted by atomic mass is 79.9. The molecule has 0 saturated carbocycles. The van der Waals surface area contributed by atoms with E-state index in [-0.39, 0.29) is 5.91 Å². The molecule has 0 spiro atoms. The van der Waals surface area contributed by atoms with Gasteiger partial charge in [-0.1, -0.05) is 42.6 Å². The number of unbranched alkanes of at least 4 members (excludes halogenated alkanes) is 2. The Balaban J connectivity index is 3.20. The van der Waals surface area contributed by atoms with Gasteiger partial charge in [0.15, 0.2) is 0 Å². The van der Waals surface area contributed by atoms with Crippen molar-refractivity contribution in [2.24, 2.45) is 0 Å². The van der Waals surface area contributed by atoms with Gasteiger partial charge in [0.1, 0.15) is 0 Å². The van der Waals surface area contributed by atoms with Crippen LogP contribution in [-0.4, -0.2) is 17.3 Å². The average molecular weight is 250 g/mol. The van der Waals surface area contributed by atoms with Crippen molar-refractivity contribution in [2.75, 3.05) is 6.54 Å². The maximum absolute atomic E-state index is 11.2. The largest absolute Gasteiger partial charge is 0.356 e. The molecule has 0 aliphatic carbocycles. The van der Waals surface area contributed by atoms with Crippen LogP contribution < -0.4 is 5.32 Å². The van der Waals surface area contributed by atoms with Gasteiger partial charge in [-0.3, -0.25) is 4.79 Å². The number of carbonyl (C=O) groups is 1. The fraction of sp³-hybridized carbons (Fsp3) is 0.900. The monoisotopic (exact) mass is 249 g/mol. The van der Waals surface area contributed by atoms with Gasteiger partial charge in [-0.05, 0) is 12.8 Å². The molecule has 0 rings (SSSR count). The minimum Gasteiger partial charge on any atom is -0.356 e. The first-order valence-electron chi connectivity index (χ1n) is 5.07. The van der Waals surface area contributed by atoms with E-state index in [2.05, 4.69) is 35.1 Å². The van der Waals surface area contributed by atoms with Gasteiger partial charge >= 0.3 is 0 Å². The topological polar surface area (TPSA) is 29.1 Å². The van der Waals surface area contributed by atoms with Crippen molar-refractivity contribution in [2.45, 2.75) is 50.8 Å². The average Bonchev–Trinajstić information content (AvgIpc) is 2.04. The molecule has 0 aromatic heterocycles. The molecule has 0 aliphatic rings. The zero-order chi connectivity index (χ0) is 10.1. The van der Waals surface area contributed by atoms with E-state index in [4.69, 9.17) is 0 Å². The highest BCUT2D eigenvalue weighted by molar-refractivity contribution is 9.09. The lowest BCUT2D eigenvalue weighted by molar-refractivity contribution is -0.121. The van der Waals surface area contributed by atoms with Crippen LogP contribution in [-0.2, 0) is 4.79 Å². The number of nitrogens with one attached hydrogen (secondary N) is 1. The van der Waals surface area contributed by atoms with Crippen LogP contribution in [0.1, 0.15) is 46.0 Å². The molecule has 1 unspecified atom stereocenters. The molecule has 0 radical (unpaired) electrons. The molecule has 13 heavy (non-hydrogen) atoms. The van der Waals surface area contributed by atoms with E-state index in [9.17, 15) is 4.79 Å². The third-order valence-electron chi connectivity index (χ3n) is 1.87. The molecular weight excluding hydrogens is 230 g/mol. The Hall–Kier alpha value is -0.0500. The van der Waals surface area contributed by atoms with Crippen LogP contribution in [0.3, 0.4) is 0 Å². The molecule has 0 aliphatic heterocycles. The standard InChI is InChI=1S/C10H20BrNO/c1-3-4-5-6-10(13)12-8-7-9(2)11/h9H,3-8H2,1-2H3,(H,12,13). The van der Waals surface area contributed by atoms with Crippen molar-refractivity contribution in [3.8, 4) is 0 Å². The lowest BCUT2D eigenvalue weighted by Crippen LogP contribution is -2.25. The molecule has 3 heteroatoms. The third kappa shape index (κ3) is 9.87. The predicted octanol–water partition coefficient (Wildman–Crippen LogP) is 2.86. The van der Waals surface area contributed by atoms with Gasteiger partial charge in [0.25, 0.3) is 0 Å². The summed E-state index contributed by atoms with van der Waals surface area (Å²) in [6.45, 7) is 5.02. The first-order valence-corrected chi connectivity index (χ1v) is 5.99. The second kappa shape index (κ2) is 8.54. The van der Waals surface area contributed by atoms with Gasteiger partial charge in [-0.15, -0.1) is 0 Å². The number of rotatable bonds is 7. The molecule has 1 atom stereocenters. The zero-order valence-electron chi connectivity index (χ0n) is 8.61. The van der Waals surface area contributed by atoms with Crippen molar-refractivity contribution in [1.82, 2.24) is 5.32 Å². The molecular formula is C10H20BrNO. The Morgan fingerprint density at radius 1 is 1.46 bits per heavy atom. The van der Waals surface area contributed by atoms with Gasteiger partial charge in [0.2, 0.25) is 5.91 Å². The fourth-order valence-corrected chi connectivity index (χ4v) is 1.26. The quantitative estimate of drug-likeness (QED) is 0.546. The van der Waals surface area contributed by atoms with Gasteiger partial charge in [-0.25, -0.2) is 0 Å². The van der Waals surface area contributed by atoms with E-state index < -0.39 is 0 Å². The van der Waals surface area contributed by atoms with Crippen molar-refractivity contribution in [3.63, 3.8) is 0 Å². The number of halogens is 1. The van der Waals surface area contributed by atoms with Crippen molar-refractivity contribution in [3.05, 3.63) is 0 Å². The molecule has 0 aromatic carbocycles. The van der Waals surface area contributed by atoms with E-state index in [1.807, 2.05) is 0 Å². The summed E-state index contributed by atoms with van der Waals surface area (Å²) in [6.07, 6.45) is 5.03. The maximum Gasteiger partial charge on any atom is 0.219 e. The molecule has 0 saturated heterocycles. The molecule has 1 amide bonds. The third-order valence-corrected chi connectivity index (χ3v) is 2.33. The van der Waals surface area contributed by atoms with Gasteiger partial charge in [0, 0.05) is 17.8 Å². The summed E-state index contributed by atoms with van der Waals surface area (Å²) in [5.41, 5.74) is 0. The van der Waals surface area contributed by atoms with Crippen molar-refractivity contribution in [1.29, 1.82) is 0 Å². The second-order valence-electron chi connectivity index (χ2n) is 3.38. The Bertz CT molecular complexity index is 137. The van der Waals surface area contributed by atoms with E-state index >= 15 is 0 Å². The SMILES string of the molecule is CCCCCC(=O)NCCC(C)Br. The molecule has 0 bridgehead atoms. The van der Waals surface area contributed by atoms with E-state index in [0.717, 1.165) is 25.8 Å². The molecule has 1 N–H and O–H groups in total. The van der Waals surface area contributed by atoms with E-state index in [1.54, 1.807) is 0 Å². The maximum atomic E-state index is 11.2. The van der Waals surface area contributed by atoms with Crippen LogP contribution in [0.25, 0.3) is 0 Å². The van der Waals surface area contributed by atoms with Crippen molar-refractivity contribution < 1.29 is 4.79 Å². The van der Waals surface area contributed by atoms with Crippen molar-refractivity contribution >= 4 is 21.8 Å².